The number of aliphatic imine (C=N–C) groups is 1. The fourth-order valence-corrected chi connectivity index (χ4v) is 4.82. The fraction of sp³-hybridized carbons (Fsp3) is 0.625. The van der Waals surface area contributed by atoms with Crippen molar-refractivity contribution >= 4 is 17.6 Å². The van der Waals surface area contributed by atoms with E-state index >= 15 is 0 Å². The molecule has 0 radical (unpaired) electrons. The Kier molecular flexibility index (Phi) is 7.95. The van der Waals surface area contributed by atoms with Crippen LogP contribution >= 0.6 is 0 Å². The van der Waals surface area contributed by atoms with Gasteiger partial charge in [-0.2, -0.15) is 0 Å². The Bertz CT molecular complexity index is 862. The van der Waals surface area contributed by atoms with Crippen LogP contribution in [-0.4, -0.2) is 78.5 Å². The minimum Gasteiger partial charge on any atom is -0.386 e. The quantitative estimate of drug-likeness (QED) is 0.326. The molecule has 3 atom stereocenters. The number of likely N-dealkylation sites (tertiary alicyclic amines) is 1. The van der Waals surface area contributed by atoms with Gasteiger partial charge in [-0.3, -0.25) is 25.4 Å². The van der Waals surface area contributed by atoms with E-state index in [-0.39, 0.29) is 30.6 Å². The lowest BCUT2D eigenvalue weighted by Crippen LogP contribution is -2.62. The molecule has 9 heteroatoms. The predicted molar refractivity (Wildman–Crippen MR) is 129 cm³/mol. The highest BCUT2D eigenvalue weighted by Gasteiger charge is 2.33. The first-order valence-corrected chi connectivity index (χ1v) is 12.1. The number of ether oxygens (including phenoxy) is 1. The van der Waals surface area contributed by atoms with Crippen molar-refractivity contribution in [3.8, 4) is 0 Å². The summed E-state index contributed by atoms with van der Waals surface area (Å²) in [6.07, 6.45) is 4.73. The summed E-state index contributed by atoms with van der Waals surface area (Å²) in [5.74, 6) is 0.364. The number of nitrogens with one attached hydrogen (secondary N) is 3. The molecule has 1 aromatic rings. The highest BCUT2D eigenvalue weighted by Crippen LogP contribution is 2.17. The average Bonchev–Trinajstić information content (AvgIpc) is 3.48. The molecule has 180 valence electrons. The standard InChI is InChI=1S/C24H37N7O2/c1-17(27-13-20-8-5-11-33-20)28-24-22(23(25)26)29-21(32)16-31(24)15-19-7-4-6-18(12-19)14-30-9-2-3-10-30/h4,6-7,12,17,20,22,27H,2-3,5,8-11,13-16H2,1H3,(H3,25,26)(H,29,32). The Morgan fingerprint density at radius 2 is 2.06 bits per heavy atom. The molecule has 3 heterocycles. The maximum absolute atomic E-state index is 12.4. The van der Waals surface area contributed by atoms with E-state index < -0.39 is 6.04 Å². The van der Waals surface area contributed by atoms with Gasteiger partial charge < -0.3 is 20.7 Å². The van der Waals surface area contributed by atoms with Crippen LogP contribution in [-0.2, 0) is 22.6 Å². The number of amidine groups is 2. The van der Waals surface area contributed by atoms with E-state index in [1.807, 2.05) is 11.8 Å². The summed E-state index contributed by atoms with van der Waals surface area (Å²) in [5, 5.41) is 14.3. The van der Waals surface area contributed by atoms with Gasteiger partial charge in [0, 0.05) is 26.2 Å². The van der Waals surface area contributed by atoms with Gasteiger partial charge in [0.1, 0.15) is 17.7 Å². The van der Waals surface area contributed by atoms with Gasteiger partial charge in [0.2, 0.25) is 5.91 Å². The molecule has 3 fully saturated rings. The van der Waals surface area contributed by atoms with Crippen molar-refractivity contribution in [1.82, 2.24) is 20.4 Å². The molecular weight excluding hydrogens is 418 g/mol. The average molecular weight is 456 g/mol. The number of amides is 1. The van der Waals surface area contributed by atoms with E-state index in [0.717, 1.165) is 51.2 Å². The summed E-state index contributed by atoms with van der Waals surface area (Å²) in [4.78, 5) is 21.7. The largest absolute Gasteiger partial charge is 0.386 e. The molecule has 1 aromatic carbocycles. The van der Waals surface area contributed by atoms with Crippen molar-refractivity contribution in [3.63, 3.8) is 0 Å². The van der Waals surface area contributed by atoms with Crippen LogP contribution in [0.15, 0.2) is 29.3 Å². The molecule has 0 saturated carbocycles. The number of rotatable bonds is 9. The minimum absolute atomic E-state index is 0.110. The van der Waals surface area contributed by atoms with Crippen LogP contribution in [0, 0.1) is 5.41 Å². The Hall–Kier alpha value is -2.49. The van der Waals surface area contributed by atoms with Gasteiger partial charge in [-0.05, 0) is 56.8 Å². The number of nitrogens with two attached hydrogens (primary N) is 1. The smallest absolute Gasteiger partial charge is 0.240 e. The summed E-state index contributed by atoms with van der Waals surface area (Å²) in [5.41, 5.74) is 8.26. The van der Waals surface area contributed by atoms with Crippen LogP contribution in [0.2, 0.25) is 0 Å². The molecule has 3 aliphatic heterocycles. The first-order valence-electron chi connectivity index (χ1n) is 12.1. The second-order valence-electron chi connectivity index (χ2n) is 9.32. The summed E-state index contributed by atoms with van der Waals surface area (Å²) in [6, 6.07) is 7.82. The number of hydrogen-bond acceptors (Lipinski definition) is 6. The van der Waals surface area contributed by atoms with Crippen LogP contribution in [0.4, 0.5) is 0 Å². The number of carbonyl (C=O) groups is 1. The van der Waals surface area contributed by atoms with Gasteiger partial charge >= 0.3 is 0 Å². The molecule has 0 aliphatic carbocycles. The van der Waals surface area contributed by atoms with E-state index in [4.69, 9.17) is 20.9 Å². The minimum atomic E-state index is -0.717. The molecule has 3 unspecified atom stereocenters. The predicted octanol–water partition coefficient (Wildman–Crippen LogP) is 1.03. The second-order valence-corrected chi connectivity index (χ2v) is 9.32. The monoisotopic (exact) mass is 455 g/mol. The summed E-state index contributed by atoms with van der Waals surface area (Å²) in [6.45, 7) is 7.53. The zero-order valence-corrected chi connectivity index (χ0v) is 19.6. The third kappa shape index (κ3) is 6.52. The van der Waals surface area contributed by atoms with Gasteiger partial charge in [-0.25, -0.2) is 0 Å². The molecular formula is C24H37N7O2. The maximum atomic E-state index is 12.4. The number of hydrogen-bond donors (Lipinski definition) is 4. The number of benzene rings is 1. The molecule has 5 N–H and O–H groups in total. The molecule has 0 aromatic heterocycles. The highest BCUT2D eigenvalue weighted by molar-refractivity contribution is 6.12. The third-order valence-electron chi connectivity index (χ3n) is 6.49. The van der Waals surface area contributed by atoms with Gasteiger partial charge in [-0.1, -0.05) is 24.3 Å². The van der Waals surface area contributed by atoms with Gasteiger partial charge in [0.15, 0.2) is 0 Å². The normalized spacial score (nSPS) is 26.0. The number of nitrogens with zero attached hydrogens (tertiary/aromatic N) is 3. The Morgan fingerprint density at radius 1 is 1.30 bits per heavy atom. The van der Waals surface area contributed by atoms with Gasteiger partial charge in [0.05, 0.1) is 18.8 Å². The van der Waals surface area contributed by atoms with E-state index in [1.165, 1.54) is 18.4 Å². The first-order chi connectivity index (χ1) is 16.0. The molecule has 1 amide bonds. The van der Waals surface area contributed by atoms with Crippen LogP contribution in [0.25, 0.3) is 0 Å². The SMILES string of the molecule is CC(N=C1C(C(=N)N)NC(=O)CN1Cc1cccc(CN2CCCC2)c1)NCC1CCCO1. The Balaban J connectivity index is 1.48. The second kappa shape index (κ2) is 11.1. The molecule has 33 heavy (non-hydrogen) atoms. The van der Waals surface area contributed by atoms with Crippen molar-refractivity contribution in [2.45, 2.75) is 64.0 Å². The van der Waals surface area contributed by atoms with Crippen LogP contribution in [0.5, 0.6) is 0 Å². The fourth-order valence-electron chi connectivity index (χ4n) is 4.82. The van der Waals surface area contributed by atoms with Crippen molar-refractivity contribution in [1.29, 1.82) is 5.41 Å². The molecule has 0 bridgehead atoms. The van der Waals surface area contributed by atoms with Crippen LogP contribution in [0.1, 0.15) is 43.7 Å². The van der Waals surface area contributed by atoms with Crippen molar-refractivity contribution in [2.75, 3.05) is 32.8 Å². The third-order valence-corrected chi connectivity index (χ3v) is 6.49. The van der Waals surface area contributed by atoms with Crippen molar-refractivity contribution < 1.29 is 9.53 Å². The van der Waals surface area contributed by atoms with E-state index in [1.54, 1.807) is 0 Å². The highest BCUT2D eigenvalue weighted by atomic mass is 16.5. The van der Waals surface area contributed by atoms with E-state index in [0.29, 0.717) is 12.4 Å². The lowest BCUT2D eigenvalue weighted by Gasteiger charge is -2.36. The number of carbonyl (C=O) groups excluding carboxylic acids is 1. The molecule has 3 saturated heterocycles. The van der Waals surface area contributed by atoms with Gasteiger partial charge in [-0.15, -0.1) is 0 Å². The topological polar surface area (TPSA) is 119 Å². The first kappa shape index (κ1) is 23.7. The summed E-state index contributed by atoms with van der Waals surface area (Å²) >= 11 is 0. The Morgan fingerprint density at radius 3 is 2.76 bits per heavy atom. The summed E-state index contributed by atoms with van der Waals surface area (Å²) in [7, 11) is 0. The van der Waals surface area contributed by atoms with E-state index in [9.17, 15) is 4.79 Å². The molecule has 0 spiro atoms. The zero-order valence-electron chi connectivity index (χ0n) is 19.6. The zero-order chi connectivity index (χ0) is 23.2. The number of piperazine rings is 1. The van der Waals surface area contributed by atoms with Crippen molar-refractivity contribution in [2.24, 2.45) is 10.7 Å². The van der Waals surface area contributed by atoms with E-state index in [2.05, 4.69) is 39.8 Å². The molecule has 9 nitrogen and oxygen atoms in total. The lowest BCUT2D eigenvalue weighted by atomic mass is 10.1. The summed E-state index contributed by atoms with van der Waals surface area (Å²) < 4.78 is 5.69. The molecule has 4 rings (SSSR count). The molecule has 3 aliphatic rings. The Labute approximate surface area is 196 Å². The van der Waals surface area contributed by atoms with Crippen LogP contribution < -0.4 is 16.4 Å². The maximum Gasteiger partial charge on any atom is 0.240 e. The van der Waals surface area contributed by atoms with Crippen molar-refractivity contribution in [3.05, 3.63) is 35.4 Å². The van der Waals surface area contributed by atoms with Crippen LogP contribution in [0.3, 0.4) is 0 Å². The van der Waals surface area contributed by atoms with Gasteiger partial charge in [0.25, 0.3) is 0 Å². The lowest BCUT2D eigenvalue weighted by molar-refractivity contribution is -0.122.